The van der Waals surface area contributed by atoms with Gasteiger partial charge in [-0.15, -0.1) is 0 Å². The minimum atomic E-state index is -1.42. The molecule has 3 aliphatic heterocycles. The maximum Gasteiger partial charge on any atom is 0.380 e. The molecule has 0 spiro atoms. The van der Waals surface area contributed by atoms with Crippen LogP contribution in [0.3, 0.4) is 0 Å². The normalized spacial score (nSPS) is 21.7. The fraction of sp³-hybridized carbons (Fsp3) is 0.304. The standard InChI is InChI=1S/C15H17NO3.C8H6O3/c17-14(12-4-2-1-3-5-12)15(18)19-13-10-16-8-6-11(13)7-9-16;9-7(8(10)11)6-4-2-1-3-5-6/h1-5,11,13H,6-10H2;1-5H,(H,10,11)/t13-;/m0./s1. The Morgan fingerprint density at radius 3 is 1.73 bits per heavy atom. The number of rotatable bonds is 5. The molecular formula is C23H23NO6. The van der Waals surface area contributed by atoms with Crippen LogP contribution in [0.2, 0.25) is 0 Å². The number of ether oxygens (including phenoxy) is 1. The highest BCUT2D eigenvalue weighted by Gasteiger charge is 2.37. The van der Waals surface area contributed by atoms with Crippen LogP contribution in [-0.4, -0.2) is 59.2 Å². The Labute approximate surface area is 174 Å². The molecule has 0 aromatic heterocycles. The maximum atomic E-state index is 11.9. The average Bonchev–Trinajstić information content (AvgIpc) is 2.80. The highest BCUT2D eigenvalue weighted by Crippen LogP contribution is 2.29. The molecule has 3 aliphatic rings. The van der Waals surface area contributed by atoms with E-state index in [2.05, 4.69) is 4.90 Å². The fourth-order valence-electron chi connectivity index (χ4n) is 3.66. The Bertz CT molecular complexity index is 904. The van der Waals surface area contributed by atoms with Crippen molar-refractivity contribution < 1.29 is 29.0 Å². The van der Waals surface area contributed by atoms with Gasteiger partial charge in [-0.3, -0.25) is 14.5 Å². The summed E-state index contributed by atoms with van der Waals surface area (Å²) in [6.45, 7) is 2.95. The lowest BCUT2D eigenvalue weighted by molar-refractivity contribution is -0.152. The Morgan fingerprint density at radius 2 is 1.30 bits per heavy atom. The minimum absolute atomic E-state index is 0.109. The molecule has 30 heavy (non-hydrogen) atoms. The van der Waals surface area contributed by atoms with Gasteiger partial charge in [-0.25, -0.2) is 9.59 Å². The van der Waals surface area contributed by atoms with Crippen LogP contribution in [0, 0.1) is 5.92 Å². The first-order chi connectivity index (χ1) is 14.5. The molecule has 0 amide bonds. The van der Waals surface area contributed by atoms with E-state index in [4.69, 9.17) is 9.84 Å². The van der Waals surface area contributed by atoms with Crippen molar-refractivity contribution in [3.05, 3.63) is 71.8 Å². The van der Waals surface area contributed by atoms with Gasteiger partial charge in [-0.1, -0.05) is 60.7 Å². The molecule has 0 aliphatic carbocycles. The van der Waals surface area contributed by atoms with E-state index in [1.165, 1.54) is 12.1 Å². The number of Topliss-reactive ketones (excluding diaryl/α,β-unsaturated/α-hetero) is 2. The predicted molar refractivity (Wildman–Crippen MR) is 108 cm³/mol. The topological polar surface area (TPSA) is 101 Å². The highest BCUT2D eigenvalue weighted by atomic mass is 16.5. The SMILES string of the molecule is O=C(O)C(=O)c1ccccc1.O=C(O[C@H]1CN2CCC1CC2)C(=O)c1ccccc1. The van der Waals surface area contributed by atoms with Crippen LogP contribution >= 0.6 is 0 Å². The quantitative estimate of drug-likeness (QED) is 0.460. The number of ketones is 2. The van der Waals surface area contributed by atoms with Gasteiger partial charge < -0.3 is 9.84 Å². The smallest absolute Gasteiger partial charge is 0.380 e. The lowest BCUT2D eigenvalue weighted by atomic mass is 9.86. The van der Waals surface area contributed by atoms with Gasteiger partial charge in [0.15, 0.2) is 0 Å². The molecule has 0 unspecified atom stereocenters. The summed E-state index contributed by atoms with van der Waals surface area (Å²) in [5.74, 6) is -3.12. The van der Waals surface area contributed by atoms with Crippen molar-refractivity contribution in [3.63, 3.8) is 0 Å². The third-order valence-electron chi connectivity index (χ3n) is 5.31. The van der Waals surface area contributed by atoms with Crippen LogP contribution in [0.1, 0.15) is 33.6 Å². The second-order valence-corrected chi connectivity index (χ2v) is 7.28. The maximum absolute atomic E-state index is 11.9. The molecule has 5 rings (SSSR count). The molecule has 1 N–H and O–H groups in total. The number of fused-ring (bicyclic) bond motifs is 3. The number of piperidine rings is 3. The summed E-state index contributed by atoms with van der Waals surface area (Å²) in [5.41, 5.74) is 0.605. The van der Waals surface area contributed by atoms with E-state index >= 15 is 0 Å². The number of esters is 1. The summed E-state index contributed by atoms with van der Waals surface area (Å²) in [5, 5.41) is 8.29. The lowest BCUT2D eigenvalue weighted by Gasteiger charge is -2.43. The Balaban J connectivity index is 0.000000199. The predicted octanol–water partition coefficient (Wildman–Crippen LogP) is 2.46. The molecule has 3 heterocycles. The van der Waals surface area contributed by atoms with Crippen LogP contribution in [0.5, 0.6) is 0 Å². The molecule has 7 heteroatoms. The van der Waals surface area contributed by atoms with E-state index in [9.17, 15) is 19.2 Å². The molecule has 0 saturated carbocycles. The number of nitrogens with zero attached hydrogens (tertiary/aromatic N) is 1. The summed E-state index contributed by atoms with van der Waals surface area (Å²) in [4.78, 5) is 47.0. The molecular weight excluding hydrogens is 386 g/mol. The van der Waals surface area contributed by atoms with E-state index < -0.39 is 23.5 Å². The van der Waals surface area contributed by atoms with Crippen molar-refractivity contribution in [2.24, 2.45) is 5.92 Å². The first kappa shape index (κ1) is 21.4. The molecule has 2 aromatic rings. The zero-order valence-electron chi connectivity index (χ0n) is 16.4. The van der Waals surface area contributed by atoms with E-state index in [0.29, 0.717) is 11.5 Å². The van der Waals surface area contributed by atoms with Crippen molar-refractivity contribution in [1.82, 2.24) is 4.90 Å². The van der Waals surface area contributed by atoms with E-state index in [0.717, 1.165) is 32.5 Å². The number of carboxylic acids is 1. The summed E-state index contributed by atoms with van der Waals surface area (Å²) in [6, 6.07) is 16.5. The number of benzene rings is 2. The number of carbonyl (C=O) groups excluding carboxylic acids is 3. The van der Waals surface area contributed by atoms with Gasteiger partial charge in [-0.05, 0) is 31.8 Å². The monoisotopic (exact) mass is 409 g/mol. The molecule has 0 radical (unpaired) electrons. The zero-order chi connectivity index (χ0) is 21.5. The summed E-state index contributed by atoms with van der Waals surface area (Å²) in [6.07, 6.45) is 2.03. The number of carboxylic acid groups (broad SMARTS) is 1. The lowest BCUT2D eigenvalue weighted by Crippen LogP contribution is -2.52. The summed E-state index contributed by atoms with van der Waals surface area (Å²) in [7, 11) is 0. The van der Waals surface area contributed by atoms with E-state index in [1.807, 2.05) is 6.07 Å². The average molecular weight is 409 g/mol. The fourth-order valence-corrected chi connectivity index (χ4v) is 3.66. The van der Waals surface area contributed by atoms with Gasteiger partial charge >= 0.3 is 11.9 Å². The molecule has 156 valence electrons. The van der Waals surface area contributed by atoms with Crippen LogP contribution in [-0.2, 0) is 14.3 Å². The molecule has 7 nitrogen and oxygen atoms in total. The Morgan fingerprint density at radius 1 is 0.800 bits per heavy atom. The molecule has 1 atom stereocenters. The number of hydrogen-bond acceptors (Lipinski definition) is 6. The third-order valence-corrected chi connectivity index (χ3v) is 5.31. The largest absolute Gasteiger partial charge is 0.475 e. The molecule has 2 aromatic carbocycles. The van der Waals surface area contributed by atoms with Crippen molar-refractivity contribution in [3.8, 4) is 0 Å². The second kappa shape index (κ2) is 9.93. The first-order valence-corrected chi connectivity index (χ1v) is 9.81. The van der Waals surface area contributed by atoms with E-state index in [-0.39, 0.29) is 11.7 Å². The minimum Gasteiger partial charge on any atom is -0.475 e. The van der Waals surface area contributed by atoms with Crippen LogP contribution in [0.15, 0.2) is 60.7 Å². The van der Waals surface area contributed by atoms with Gasteiger partial charge in [0.1, 0.15) is 6.10 Å². The zero-order valence-corrected chi connectivity index (χ0v) is 16.4. The highest BCUT2D eigenvalue weighted by molar-refractivity contribution is 6.40. The van der Waals surface area contributed by atoms with Crippen LogP contribution in [0.4, 0.5) is 0 Å². The van der Waals surface area contributed by atoms with Gasteiger partial charge in [0.25, 0.3) is 11.6 Å². The first-order valence-electron chi connectivity index (χ1n) is 9.81. The number of carbonyl (C=O) groups is 4. The van der Waals surface area contributed by atoms with Crippen molar-refractivity contribution in [2.75, 3.05) is 19.6 Å². The van der Waals surface area contributed by atoms with Gasteiger partial charge in [0.2, 0.25) is 0 Å². The van der Waals surface area contributed by atoms with Crippen molar-refractivity contribution in [2.45, 2.75) is 18.9 Å². The molecule has 3 saturated heterocycles. The summed E-state index contributed by atoms with van der Waals surface area (Å²) < 4.78 is 5.41. The van der Waals surface area contributed by atoms with Gasteiger partial charge in [0, 0.05) is 17.7 Å². The molecule has 3 fully saturated rings. The second-order valence-electron chi connectivity index (χ2n) is 7.28. The summed E-state index contributed by atoms with van der Waals surface area (Å²) >= 11 is 0. The van der Waals surface area contributed by atoms with Gasteiger partial charge in [0.05, 0.1) is 0 Å². The van der Waals surface area contributed by atoms with Crippen molar-refractivity contribution in [1.29, 1.82) is 0 Å². The molecule has 2 bridgehead atoms. The van der Waals surface area contributed by atoms with Gasteiger partial charge in [-0.2, -0.15) is 0 Å². The van der Waals surface area contributed by atoms with E-state index in [1.54, 1.807) is 42.5 Å². The van der Waals surface area contributed by atoms with Crippen LogP contribution < -0.4 is 0 Å². The Kier molecular flexibility index (Phi) is 7.08. The number of aliphatic carboxylic acids is 1. The Hall–Kier alpha value is -3.32. The van der Waals surface area contributed by atoms with Crippen LogP contribution in [0.25, 0.3) is 0 Å². The third kappa shape index (κ3) is 5.39. The number of hydrogen-bond donors (Lipinski definition) is 1. The van der Waals surface area contributed by atoms with Crippen molar-refractivity contribution >= 4 is 23.5 Å².